The molecule has 0 saturated carbocycles. The summed E-state index contributed by atoms with van der Waals surface area (Å²) >= 11 is 0. The van der Waals surface area contributed by atoms with E-state index in [4.69, 9.17) is 9.47 Å². The predicted octanol–water partition coefficient (Wildman–Crippen LogP) is 4.41. The molecule has 0 aromatic heterocycles. The standard InChI is InChI=1S/C20H23F3N2O2/c1-25-10-9-17(13-25)27-19-11-15(5-8-18(19)20(21,22)23)24-12-14-3-6-16(26-2)7-4-14/h3-8,11,17,24H,9-10,12-13H2,1-2H3/t17-/m1/s1. The fourth-order valence-corrected chi connectivity index (χ4v) is 3.08. The minimum absolute atomic E-state index is 0.123. The lowest BCUT2D eigenvalue weighted by Crippen LogP contribution is -2.23. The van der Waals surface area contributed by atoms with Gasteiger partial charge in [0.25, 0.3) is 0 Å². The number of hydrogen-bond donors (Lipinski definition) is 1. The Labute approximate surface area is 156 Å². The summed E-state index contributed by atoms with van der Waals surface area (Å²) in [5.74, 6) is 0.632. The molecule has 27 heavy (non-hydrogen) atoms. The zero-order chi connectivity index (χ0) is 19.4. The van der Waals surface area contributed by atoms with E-state index in [9.17, 15) is 13.2 Å². The topological polar surface area (TPSA) is 33.7 Å². The molecule has 1 N–H and O–H groups in total. The number of ether oxygens (including phenoxy) is 2. The number of methoxy groups -OCH3 is 1. The van der Waals surface area contributed by atoms with Crippen LogP contribution in [0, 0.1) is 0 Å². The van der Waals surface area contributed by atoms with Gasteiger partial charge in [-0.3, -0.25) is 0 Å². The minimum atomic E-state index is -4.45. The fourth-order valence-electron chi connectivity index (χ4n) is 3.08. The molecule has 4 nitrogen and oxygen atoms in total. The molecule has 146 valence electrons. The average molecular weight is 380 g/mol. The molecule has 3 rings (SSSR count). The summed E-state index contributed by atoms with van der Waals surface area (Å²) in [6.45, 7) is 1.93. The molecule has 1 atom stereocenters. The van der Waals surface area contributed by atoms with Crippen molar-refractivity contribution in [3.8, 4) is 11.5 Å². The van der Waals surface area contributed by atoms with Gasteiger partial charge in [-0.05, 0) is 43.3 Å². The highest BCUT2D eigenvalue weighted by Gasteiger charge is 2.35. The third-order valence-corrected chi connectivity index (χ3v) is 4.58. The molecule has 0 spiro atoms. The van der Waals surface area contributed by atoms with Crippen LogP contribution in [-0.2, 0) is 12.7 Å². The molecule has 0 aliphatic carbocycles. The van der Waals surface area contributed by atoms with E-state index in [0.29, 0.717) is 18.8 Å². The second kappa shape index (κ2) is 8.08. The van der Waals surface area contributed by atoms with Gasteiger partial charge in [-0.1, -0.05) is 12.1 Å². The van der Waals surface area contributed by atoms with Crippen LogP contribution in [0.3, 0.4) is 0 Å². The molecule has 1 aliphatic rings. The Kier molecular flexibility index (Phi) is 5.79. The second-order valence-corrected chi connectivity index (χ2v) is 6.70. The smallest absolute Gasteiger partial charge is 0.419 e. The number of rotatable bonds is 6. The van der Waals surface area contributed by atoms with Crippen LogP contribution < -0.4 is 14.8 Å². The first kappa shape index (κ1) is 19.4. The van der Waals surface area contributed by atoms with Gasteiger partial charge < -0.3 is 19.7 Å². The van der Waals surface area contributed by atoms with Gasteiger partial charge in [-0.15, -0.1) is 0 Å². The van der Waals surface area contributed by atoms with Crippen LogP contribution >= 0.6 is 0 Å². The molecule has 2 aromatic rings. The molecule has 1 fully saturated rings. The van der Waals surface area contributed by atoms with E-state index in [0.717, 1.165) is 30.3 Å². The fraction of sp³-hybridized carbons (Fsp3) is 0.400. The van der Waals surface area contributed by atoms with Crippen molar-refractivity contribution in [2.24, 2.45) is 0 Å². The SMILES string of the molecule is COc1ccc(CNc2ccc(C(F)(F)F)c(O[C@@H]3CCN(C)C3)c2)cc1. The van der Waals surface area contributed by atoms with Crippen molar-refractivity contribution in [3.63, 3.8) is 0 Å². The molecular formula is C20H23F3N2O2. The summed E-state index contributed by atoms with van der Waals surface area (Å²) in [4.78, 5) is 2.05. The number of likely N-dealkylation sites (N-methyl/N-ethyl adjacent to an activating group) is 1. The molecule has 0 bridgehead atoms. The molecule has 7 heteroatoms. The van der Waals surface area contributed by atoms with Crippen LogP contribution in [0.25, 0.3) is 0 Å². The first-order chi connectivity index (χ1) is 12.8. The first-order valence-corrected chi connectivity index (χ1v) is 8.78. The summed E-state index contributed by atoms with van der Waals surface area (Å²) in [5.41, 5.74) is 0.836. The molecule has 0 amide bonds. The van der Waals surface area contributed by atoms with Gasteiger partial charge in [0.2, 0.25) is 0 Å². The van der Waals surface area contributed by atoms with Gasteiger partial charge in [0, 0.05) is 31.4 Å². The number of alkyl halides is 3. The Balaban J connectivity index is 1.74. The zero-order valence-corrected chi connectivity index (χ0v) is 15.3. The van der Waals surface area contributed by atoms with Crippen molar-refractivity contribution < 1.29 is 22.6 Å². The van der Waals surface area contributed by atoms with Crippen molar-refractivity contribution in [3.05, 3.63) is 53.6 Å². The van der Waals surface area contributed by atoms with E-state index in [1.54, 1.807) is 7.11 Å². The highest BCUT2D eigenvalue weighted by molar-refractivity contribution is 5.53. The van der Waals surface area contributed by atoms with E-state index in [1.807, 2.05) is 36.2 Å². The Bertz CT molecular complexity index is 763. The number of anilines is 1. The third-order valence-electron chi connectivity index (χ3n) is 4.58. The predicted molar refractivity (Wildman–Crippen MR) is 98.3 cm³/mol. The zero-order valence-electron chi connectivity index (χ0n) is 15.3. The minimum Gasteiger partial charge on any atom is -0.497 e. The van der Waals surface area contributed by atoms with Gasteiger partial charge in [0.05, 0.1) is 12.7 Å². The van der Waals surface area contributed by atoms with E-state index < -0.39 is 11.7 Å². The first-order valence-electron chi connectivity index (χ1n) is 8.78. The molecule has 0 unspecified atom stereocenters. The summed E-state index contributed by atoms with van der Waals surface area (Å²) in [7, 11) is 3.53. The maximum atomic E-state index is 13.3. The number of nitrogens with zero attached hydrogens (tertiary/aromatic N) is 1. The molecule has 0 radical (unpaired) electrons. The van der Waals surface area contributed by atoms with Crippen molar-refractivity contribution in [2.45, 2.75) is 25.2 Å². The van der Waals surface area contributed by atoms with Gasteiger partial charge in [0.1, 0.15) is 17.6 Å². The highest BCUT2D eigenvalue weighted by atomic mass is 19.4. The Morgan fingerprint density at radius 3 is 2.48 bits per heavy atom. The van der Waals surface area contributed by atoms with Crippen LogP contribution in [0.5, 0.6) is 11.5 Å². The van der Waals surface area contributed by atoms with Crippen LogP contribution in [0.15, 0.2) is 42.5 Å². The molecule has 2 aromatic carbocycles. The quantitative estimate of drug-likeness (QED) is 0.805. The Morgan fingerprint density at radius 1 is 1.15 bits per heavy atom. The van der Waals surface area contributed by atoms with E-state index in [-0.39, 0.29) is 11.9 Å². The summed E-state index contributed by atoms with van der Waals surface area (Å²) in [6, 6.07) is 11.4. The normalized spacial score (nSPS) is 17.7. The van der Waals surface area contributed by atoms with E-state index in [1.165, 1.54) is 12.1 Å². The van der Waals surface area contributed by atoms with Gasteiger partial charge in [0.15, 0.2) is 0 Å². The van der Waals surface area contributed by atoms with E-state index >= 15 is 0 Å². The maximum Gasteiger partial charge on any atom is 0.419 e. The second-order valence-electron chi connectivity index (χ2n) is 6.70. The summed E-state index contributed by atoms with van der Waals surface area (Å²) < 4.78 is 50.8. The van der Waals surface area contributed by atoms with Crippen molar-refractivity contribution in [2.75, 3.05) is 32.6 Å². The molecule has 1 heterocycles. The lowest BCUT2D eigenvalue weighted by Gasteiger charge is -2.19. The number of nitrogens with one attached hydrogen (secondary N) is 1. The lowest BCUT2D eigenvalue weighted by atomic mass is 10.1. The van der Waals surface area contributed by atoms with E-state index in [2.05, 4.69) is 5.32 Å². The average Bonchev–Trinajstić information content (AvgIpc) is 3.04. The molecule has 1 aliphatic heterocycles. The van der Waals surface area contributed by atoms with Crippen LogP contribution in [0.2, 0.25) is 0 Å². The summed E-state index contributed by atoms with van der Waals surface area (Å²) in [5, 5.41) is 3.15. The van der Waals surface area contributed by atoms with Gasteiger partial charge in [-0.25, -0.2) is 0 Å². The van der Waals surface area contributed by atoms with Crippen molar-refractivity contribution in [1.82, 2.24) is 4.90 Å². The largest absolute Gasteiger partial charge is 0.497 e. The van der Waals surface area contributed by atoms with Crippen molar-refractivity contribution >= 4 is 5.69 Å². The highest BCUT2D eigenvalue weighted by Crippen LogP contribution is 2.38. The number of hydrogen-bond acceptors (Lipinski definition) is 4. The Morgan fingerprint density at radius 2 is 1.89 bits per heavy atom. The molecule has 1 saturated heterocycles. The van der Waals surface area contributed by atoms with Crippen molar-refractivity contribution in [1.29, 1.82) is 0 Å². The number of benzene rings is 2. The van der Waals surface area contributed by atoms with Crippen LogP contribution in [0.4, 0.5) is 18.9 Å². The Hall–Kier alpha value is -2.41. The van der Waals surface area contributed by atoms with Gasteiger partial charge in [-0.2, -0.15) is 13.2 Å². The molecular weight excluding hydrogens is 357 g/mol. The van der Waals surface area contributed by atoms with Crippen LogP contribution in [-0.4, -0.2) is 38.3 Å². The lowest BCUT2D eigenvalue weighted by molar-refractivity contribution is -0.139. The van der Waals surface area contributed by atoms with Gasteiger partial charge >= 0.3 is 6.18 Å². The monoisotopic (exact) mass is 380 g/mol. The maximum absolute atomic E-state index is 13.3. The third kappa shape index (κ3) is 5.07. The number of halogens is 3. The number of likely N-dealkylation sites (tertiary alicyclic amines) is 1. The summed E-state index contributed by atoms with van der Waals surface area (Å²) in [6.07, 6.45) is -3.96. The van der Waals surface area contributed by atoms with Crippen LogP contribution in [0.1, 0.15) is 17.5 Å².